The lowest BCUT2D eigenvalue weighted by atomic mass is 10.2. The van der Waals surface area contributed by atoms with Crippen molar-refractivity contribution in [1.82, 2.24) is 9.88 Å². The fourth-order valence-corrected chi connectivity index (χ4v) is 3.05. The SMILES string of the molecule is O=C(Cn1c(=O)ccc2cc([N+](=O)[O-])ccc21)NC1CCCC1. The summed E-state index contributed by atoms with van der Waals surface area (Å²) in [5.41, 5.74) is 0.177. The van der Waals surface area contributed by atoms with Crippen molar-refractivity contribution >= 4 is 22.5 Å². The molecule has 0 unspecified atom stereocenters. The van der Waals surface area contributed by atoms with Gasteiger partial charge in [-0.05, 0) is 25.0 Å². The summed E-state index contributed by atoms with van der Waals surface area (Å²) in [6.07, 6.45) is 4.18. The molecule has 1 fully saturated rings. The molecule has 1 aliphatic carbocycles. The molecule has 1 amide bonds. The molecule has 23 heavy (non-hydrogen) atoms. The Morgan fingerprint density at radius 1 is 1.26 bits per heavy atom. The number of rotatable bonds is 4. The number of nitrogens with zero attached hydrogens (tertiary/aromatic N) is 2. The summed E-state index contributed by atoms with van der Waals surface area (Å²) in [6.45, 7) is -0.0789. The number of pyridine rings is 1. The summed E-state index contributed by atoms with van der Waals surface area (Å²) in [5.74, 6) is -0.204. The first kappa shape index (κ1) is 15.2. The van der Waals surface area contributed by atoms with Gasteiger partial charge in [0.2, 0.25) is 5.91 Å². The van der Waals surface area contributed by atoms with Gasteiger partial charge < -0.3 is 5.32 Å². The molecule has 0 aliphatic heterocycles. The second-order valence-corrected chi connectivity index (χ2v) is 5.81. The van der Waals surface area contributed by atoms with Crippen LogP contribution in [0.15, 0.2) is 35.1 Å². The van der Waals surface area contributed by atoms with Crippen molar-refractivity contribution in [3.63, 3.8) is 0 Å². The maximum atomic E-state index is 12.2. The molecule has 1 heterocycles. The Morgan fingerprint density at radius 3 is 2.70 bits per heavy atom. The van der Waals surface area contributed by atoms with E-state index in [-0.39, 0.29) is 29.7 Å². The molecule has 1 saturated carbocycles. The van der Waals surface area contributed by atoms with Gasteiger partial charge in [0, 0.05) is 29.6 Å². The highest BCUT2D eigenvalue weighted by molar-refractivity contribution is 5.84. The lowest BCUT2D eigenvalue weighted by molar-refractivity contribution is -0.384. The zero-order valence-electron chi connectivity index (χ0n) is 12.5. The molecule has 0 bridgehead atoms. The molecule has 2 aromatic rings. The van der Waals surface area contributed by atoms with Crippen molar-refractivity contribution in [2.75, 3.05) is 0 Å². The Labute approximate surface area is 132 Å². The van der Waals surface area contributed by atoms with Gasteiger partial charge in [0.25, 0.3) is 11.2 Å². The van der Waals surface area contributed by atoms with Crippen LogP contribution >= 0.6 is 0 Å². The van der Waals surface area contributed by atoms with E-state index in [1.807, 2.05) is 0 Å². The van der Waals surface area contributed by atoms with Gasteiger partial charge in [0.1, 0.15) is 6.54 Å². The lowest BCUT2D eigenvalue weighted by Gasteiger charge is -2.14. The van der Waals surface area contributed by atoms with Crippen molar-refractivity contribution in [2.24, 2.45) is 0 Å². The Bertz CT molecular complexity index is 822. The number of nitro groups is 1. The maximum Gasteiger partial charge on any atom is 0.270 e. The normalized spacial score (nSPS) is 15.0. The Balaban J connectivity index is 1.89. The van der Waals surface area contributed by atoms with Crippen molar-refractivity contribution in [1.29, 1.82) is 0 Å². The molecule has 0 atom stereocenters. The molecule has 7 heteroatoms. The van der Waals surface area contributed by atoms with E-state index in [0.29, 0.717) is 10.9 Å². The van der Waals surface area contributed by atoms with Crippen LogP contribution in [0, 0.1) is 10.1 Å². The first-order valence-corrected chi connectivity index (χ1v) is 7.62. The van der Waals surface area contributed by atoms with Gasteiger partial charge >= 0.3 is 0 Å². The topological polar surface area (TPSA) is 94.2 Å². The van der Waals surface area contributed by atoms with E-state index >= 15 is 0 Å². The number of fused-ring (bicyclic) bond motifs is 1. The van der Waals surface area contributed by atoms with Crippen molar-refractivity contribution in [3.05, 3.63) is 50.8 Å². The van der Waals surface area contributed by atoms with E-state index < -0.39 is 4.92 Å². The fraction of sp³-hybridized carbons (Fsp3) is 0.375. The van der Waals surface area contributed by atoms with Gasteiger partial charge in [-0.15, -0.1) is 0 Å². The van der Waals surface area contributed by atoms with E-state index in [9.17, 15) is 19.7 Å². The van der Waals surface area contributed by atoms with Gasteiger partial charge in [-0.1, -0.05) is 12.8 Å². The van der Waals surface area contributed by atoms with E-state index in [1.54, 1.807) is 0 Å². The van der Waals surface area contributed by atoms with E-state index in [1.165, 1.54) is 34.9 Å². The number of benzene rings is 1. The predicted molar refractivity (Wildman–Crippen MR) is 85.3 cm³/mol. The molecule has 120 valence electrons. The lowest BCUT2D eigenvalue weighted by Crippen LogP contribution is -2.37. The van der Waals surface area contributed by atoms with Crippen LogP contribution in [0.1, 0.15) is 25.7 Å². The third-order valence-corrected chi connectivity index (χ3v) is 4.21. The molecule has 0 spiro atoms. The minimum absolute atomic E-state index is 0.0434. The Morgan fingerprint density at radius 2 is 2.00 bits per heavy atom. The molecule has 3 rings (SSSR count). The summed E-state index contributed by atoms with van der Waals surface area (Å²) >= 11 is 0. The molecule has 1 aliphatic rings. The number of hydrogen-bond acceptors (Lipinski definition) is 4. The van der Waals surface area contributed by atoms with Crippen molar-refractivity contribution in [2.45, 2.75) is 38.3 Å². The largest absolute Gasteiger partial charge is 0.352 e. The maximum absolute atomic E-state index is 12.2. The van der Waals surface area contributed by atoms with Crippen LogP contribution in [0.2, 0.25) is 0 Å². The van der Waals surface area contributed by atoms with Crippen molar-refractivity contribution in [3.8, 4) is 0 Å². The van der Waals surface area contributed by atoms with Crippen LogP contribution in [-0.4, -0.2) is 21.4 Å². The third kappa shape index (κ3) is 3.23. The Hall–Kier alpha value is -2.70. The molecule has 0 saturated heterocycles. The zero-order valence-corrected chi connectivity index (χ0v) is 12.5. The number of amides is 1. The zero-order chi connectivity index (χ0) is 16.4. The van der Waals surface area contributed by atoms with Crippen LogP contribution in [-0.2, 0) is 11.3 Å². The minimum atomic E-state index is -0.484. The summed E-state index contributed by atoms with van der Waals surface area (Å²) in [6, 6.07) is 7.31. The quantitative estimate of drug-likeness (QED) is 0.689. The average molecular weight is 315 g/mol. The number of nitrogens with one attached hydrogen (secondary N) is 1. The van der Waals surface area contributed by atoms with Crippen LogP contribution < -0.4 is 10.9 Å². The van der Waals surface area contributed by atoms with E-state index in [0.717, 1.165) is 25.7 Å². The average Bonchev–Trinajstić information content (AvgIpc) is 3.02. The number of non-ortho nitro benzene ring substituents is 1. The summed E-state index contributed by atoms with van der Waals surface area (Å²) < 4.78 is 1.35. The third-order valence-electron chi connectivity index (χ3n) is 4.21. The highest BCUT2D eigenvalue weighted by atomic mass is 16.6. The van der Waals surface area contributed by atoms with Crippen LogP contribution in [0.5, 0.6) is 0 Å². The van der Waals surface area contributed by atoms with Gasteiger partial charge in [-0.2, -0.15) is 0 Å². The minimum Gasteiger partial charge on any atom is -0.352 e. The molecular formula is C16H17N3O4. The smallest absolute Gasteiger partial charge is 0.270 e. The fourth-order valence-electron chi connectivity index (χ4n) is 3.05. The standard InChI is InChI=1S/C16H17N3O4/c20-15(17-12-3-1-2-4-12)10-18-14-7-6-13(19(22)23)9-11(14)5-8-16(18)21/h5-9,12H,1-4,10H2,(H,17,20). The van der Waals surface area contributed by atoms with Crippen molar-refractivity contribution < 1.29 is 9.72 Å². The molecular weight excluding hydrogens is 298 g/mol. The van der Waals surface area contributed by atoms with Crippen LogP contribution in [0.25, 0.3) is 10.9 Å². The van der Waals surface area contributed by atoms with Crippen LogP contribution in [0.4, 0.5) is 5.69 Å². The summed E-state index contributed by atoms with van der Waals surface area (Å²) in [5, 5.41) is 14.3. The molecule has 7 nitrogen and oxygen atoms in total. The van der Waals surface area contributed by atoms with Gasteiger partial charge in [-0.25, -0.2) is 0 Å². The molecule has 1 N–H and O–H groups in total. The second-order valence-electron chi connectivity index (χ2n) is 5.81. The van der Waals surface area contributed by atoms with Gasteiger partial charge in [0.05, 0.1) is 10.4 Å². The molecule has 1 aromatic carbocycles. The number of aromatic nitrogens is 1. The molecule has 1 aromatic heterocycles. The van der Waals surface area contributed by atoms with Crippen LogP contribution in [0.3, 0.4) is 0 Å². The number of carbonyl (C=O) groups is 1. The summed E-state index contributed by atoms with van der Waals surface area (Å²) in [7, 11) is 0. The van der Waals surface area contributed by atoms with E-state index in [2.05, 4.69) is 5.32 Å². The Kier molecular flexibility index (Phi) is 4.10. The highest BCUT2D eigenvalue weighted by Crippen LogP contribution is 2.20. The van der Waals surface area contributed by atoms with Gasteiger partial charge in [-0.3, -0.25) is 24.3 Å². The van der Waals surface area contributed by atoms with Gasteiger partial charge in [0.15, 0.2) is 0 Å². The first-order chi connectivity index (χ1) is 11.0. The van der Waals surface area contributed by atoms with E-state index in [4.69, 9.17) is 0 Å². The number of carbonyl (C=O) groups excluding carboxylic acids is 1. The summed E-state index contributed by atoms with van der Waals surface area (Å²) in [4.78, 5) is 34.6. The highest BCUT2D eigenvalue weighted by Gasteiger charge is 2.18. The molecule has 0 radical (unpaired) electrons. The predicted octanol–water partition coefficient (Wildman–Crippen LogP) is 1.97. The monoisotopic (exact) mass is 315 g/mol. The number of nitro benzene ring substituents is 1. The second kappa shape index (κ2) is 6.20. The number of hydrogen-bond donors (Lipinski definition) is 1. The first-order valence-electron chi connectivity index (χ1n) is 7.62.